The Labute approximate surface area is 216 Å². The number of aryl methyl sites for hydroxylation is 2. The van der Waals surface area contributed by atoms with Crippen LogP contribution in [-0.2, 0) is 11.8 Å². The SMILES string of the molecule is Cc1cnn(C)c1-c1ccc2c(c1)nc(C1CCC(=O)N1c1ccc(F)c(F)c1)n2C1CCC(F)(F)CC1. The number of amides is 1. The second kappa shape index (κ2) is 8.96. The smallest absolute Gasteiger partial charge is 0.248 e. The third kappa shape index (κ3) is 4.06. The van der Waals surface area contributed by atoms with Crippen molar-refractivity contribution in [2.24, 2.45) is 7.05 Å². The van der Waals surface area contributed by atoms with Gasteiger partial charge in [-0.1, -0.05) is 6.07 Å². The van der Waals surface area contributed by atoms with Crippen molar-refractivity contribution < 1.29 is 22.4 Å². The monoisotopic (exact) mass is 525 g/mol. The van der Waals surface area contributed by atoms with E-state index in [4.69, 9.17) is 4.98 Å². The predicted molar refractivity (Wildman–Crippen MR) is 135 cm³/mol. The molecule has 1 atom stereocenters. The Hall–Kier alpha value is -3.69. The van der Waals surface area contributed by atoms with Crippen molar-refractivity contribution in [1.82, 2.24) is 19.3 Å². The van der Waals surface area contributed by atoms with Crippen LogP contribution in [0.2, 0.25) is 0 Å². The van der Waals surface area contributed by atoms with Crippen molar-refractivity contribution in [3.8, 4) is 11.3 Å². The number of imidazole rings is 1. The Morgan fingerprint density at radius 2 is 1.76 bits per heavy atom. The van der Waals surface area contributed by atoms with Crippen LogP contribution in [0.5, 0.6) is 0 Å². The highest BCUT2D eigenvalue weighted by Crippen LogP contribution is 2.44. The first-order valence-corrected chi connectivity index (χ1v) is 12.8. The Kier molecular flexibility index (Phi) is 5.81. The number of carbonyl (C=O) groups excluding carboxylic acids is 1. The summed E-state index contributed by atoms with van der Waals surface area (Å²) in [6.07, 6.45) is 2.54. The van der Waals surface area contributed by atoms with Crippen LogP contribution in [0.3, 0.4) is 0 Å². The fraction of sp³-hybridized carbons (Fsp3) is 0.393. The number of hydrogen-bond acceptors (Lipinski definition) is 3. The number of halogens is 4. The maximum absolute atomic E-state index is 14.1. The van der Waals surface area contributed by atoms with Gasteiger partial charge in [0.2, 0.25) is 11.8 Å². The van der Waals surface area contributed by atoms with E-state index in [1.165, 1.54) is 11.0 Å². The van der Waals surface area contributed by atoms with Gasteiger partial charge in [0.1, 0.15) is 5.82 Å². The number of benzene rings is 2. The van der Waals surface area contributed by atoms with Crippen molar-refractivity contribution >= 4 is 22.6 Å². The van der Waals surface area contributed by atoms with Crippen molar-refractivity contribution in [3.05, 3.63) is 65.6 Å². The van der Waals surface area contributed by atoms with Crippen LogP contribution >= 0.6 is 0 Å². The molecular weight excluding hydrogens is 498 g/mol. The quantitative estimate of drug-likeness (QED) is 0.281. The second-order valence-electron chi connectivity index (χ2n) is 10.3. The maximum Gasteiger partial charge on any atom is 0.248 e. The molecule has 1 amide bonds. The number of anilines is 1. The summed E-state index contributed by atoms with van der Waals surface area (Å²) in [5.74, 6) is -4.38. The van der Waals surface area contributed by atoms with E-state index in [0.717, 1.165) is 34.5 Å². The molecule has 38 heavy (non-hydrogen) atoms. The molecule has 1 aliphatic carbocycles. The zero-order valence-electron chi connectivity index (χ0n) is 21.1. The van der Waals surface area contributed by atoms with E-state index in [0.29, 0.717) is 17.8 Å². The molecule has 10 heteroatoms. The number of fused-ring (bicyclic) bond motifs is 1. The lowest BCUT2D eigenvalue weighted by molar-refractivity contribution is -0.117. The van der Waals surface area contributed by atoms with E-state index in [-0.39, 0.29) is 49.7 Å². The van der Waals surface area contributed by atoms with Crippen LogP contribution in [0, 0.1) is 18.6 Å². The van der Waals surface area contributed by atoms with Gasteiger partial charge in [-0.15, -0.1) is 0 Å². The van der Waals surface area contributed by atoms with Crippen molar-refractivity contribution in [2.45, 2.75) is 63.5 Å². The van der Waals surface area contributed by atoms with Crippen LogP contribution in [0.25, 0.3) is 22.3 Å². The summed E-state index contributed by atoms with van der Waals surface area (Å²) in [6.45, 7) is 1.97. The molecule has 1 aliphatic heterocycles. The third-order valence-corrected chi connectivity index (χ3v) is 7.86. The fourth-order valence-electron chi connectivity index (χ4n) is 6.02. The molecule has 0 bridgehead atoms. The van der Waals surface area contributed by atoms with E-state index in [1.54, 1.807) is 10.9 Å². The average molecular weight is 526 g/mol. The summed E-state index contributed by atoms with van der Waals surface area (Å²) in [7, 11) is 1.86. The highest BCUT2D eigenvalue weighted by molar-refractivity contribution is 5.96. The van der Waals surface area contributed by atoms with E-state index >= 15 is 0 Å². The van der Waals surface area contributed by atoms with Crippen LogP contribution in [0.1, 0.15) is 62.0 Å². The molecule has 1 saturated carbocycles. The van der Waals surface area contributed by atoms with E-state index in [2.05, 4.69) is 5.10 Å². The molecule has 198 valence electrons. The van der Waals surface area contributed by atoms with Gasteiger partial charge in [-0.25, -0.2) is 22.5 Å². The summed E-state index contributed by atoms with van der Waals surface area (Å²) in [4.78, 5) is 19.4. The predicted octanol–water partition coefficient (Wildman–Crippen LogP) is 6.64. The molecule has 4 aromatic rings. The summed E-state index contributed by atoms with van der Waals surface area (Å²) in [5.41, 5.74) is 4.59. The molecule has 2 aromatic carbocycles. The molecule has 6 rings (SSSR count). The third-order valence-electron chi connectivity index (χ3n) is 7.86. The Bertz CT molecular complexity index is 1530. The lowest BCUT2D eigenvalue weighted by atomic mass is 9.91. The van der Waals surface area contributed by atoms with Gasteiger partial charge >= 0.3 is 0 Å². The molecule has 2 aromatic heterocycles. The summed E-state index contributed by atoms with van der Waals surface area (Å²) in [6, 6.07) is 8.51. The Morgan fingerprint density at radius 3 is 2.45 bits per heavy atom. The number of hydrogen-bond donors (Lipinski definition) is 0. The lowest BCUT2D eigenvalue weighted by Crippen LogP contribution is -2.32. The topological polar surface area (TPSA) is 56.0 Å². The summed E-state index contributed by atoms with van der Waals surface area (Å²) in [5, 5.41) is 4.33. The minimum Gasteiger partial charge on any atom is -0.323 e. The number of carbonyl (C=O) groups is 1. The molecular formula is C28H27F4N5O. The Balaban J connectivity index is 1.50. The fourth-order valence-corrected chi connectivity index (χ4v) is 6.02. The first-order chi connectivity index (χ1) is 18.1. The van der Waals surface area contributed by atoms with Gasteiger partial charge < -0.3 is 9.47 Å². The van der Waals surface area contributed by atoms with Gasteiger partial charge in [0.25, 0.3) is 0 Å². The molecule has 0 spiro atoms. The molecule has 1 unspecified atom stereocenters. The van der Waals surface area contributed by atoms with Crippen LogP contribution in [-0.4, -0.2) is 31.2 Å². The maximum atomic E-state index is 14.1. The highest BCUT2D eigenvalue weighted by atomic mass is 19.3. The van der Waals surface area contributed by atoms with Gasteiger partial charge in [-0.05, 0) is 56.0 Å². The zero-order chi connectivity index (χ0) is 26.8. The molecule has 0 radical (unpaired) electrons. The van der Waals surface area contributed by atoms with Crippen molar-refractivity contribution in [2.75, 3.05) is 4.90 Å². The molecule has 1 saturated heterocycles. The van der Waals surface area contributed by atoms with Crippen molar-refractivity contribution in [3.63, 3.8) is 0 Å². The lowest BCUT2D eigenvalue weighted by Gasteiger charge is -2.32. The molecule has 6 nitrogen and oxygen atoms in total. The second-order valence-corrected chi connectivity index (χ2v) is 10.3. The largest absolute Gasteiger partial charge is 0.323 e. The molecule has 3 heterocycles. The Morgan fingerprint density at radius 1 is 1.00 bits per heavy atom. The van der Waals surface area contributed by atoms with E-state index in [1.807, 2.05) is 36.7 Å². The van der Waals surface area contributed by atoms with Gasteiger partial charge in [0.05, 0.1) is 29.0 Å². The van der Waals surface area contributed by atoms with Crippen LogP contribution in [0.15, 0.2) is 42.6 Å². The molecule has 2 fully saturated rings. The molecule has 0 N–H and O–H groups in total. The van der Waals surface area contributed by atoms with Gasteiger partial charge in [0.15, 0.2) is 11.6 Å². The first-order valence-electron chi connectivity index (χ1n) is 12.8. The number of nitrogens with zero attached hydrogens (tertiary/aromatic N) is 5. The van der Waals surface area contributed by atoms with Gasteiger partial charge in [-0.2, -0.15) is 5.10 Å². The van der Waals surface area contributed by atoms with Gasteiger partial charge in [-0.3, -0.25) is 9.48 Å². The van der Waals surface area contributed by atoms with E-state index < -0.39 is 23.6 Å². The normalized spacial score (nSPS) is 20.1. The minimum absolute atomic E-state index is 0.217. The number of alkyl halides is 2. The zero-order valence-corrected chi connectivity index (χ0v) is 21.1. The number of rotatable bonds is 4. The van der Waals surface area contributed by atoms with Crippen molar-refractivity contribution in [1.29, 1.82) is 0 Å². The minimum atomic E-state index is -2.70. The summed E-state index contributed by atoms with van der Waals surface area (Å²) < 4.78 is 59.7. The highest BCUT2D eigenvalue weighted by Gasteiger charge is 2.41. The van der Waals surface area contributed by atoms with Crippen LogP contribution < -0.4 is 4.90 Å². The standard InChI is InChI=1S/C28H27F4N5O/c1-16-15-33-35(2)26(16)17-3-6-23-22(13-17)34-27(37(23)18-9-11-28(31,32)12-10-18)24-7-8-25(38)36(24)19-4-5-20(29)21(30)14-19/h3-6,13-15,18,24H,7-12H2,1-2H3. The van der Waals surface area contributed by atoms with E-state index in [9.17, 15) is 22.4 Å². The molecule has 2 aliphatic rings. The average Bonchev–Trinajstić information content (AvgIpc) is 3.55. The van der Waals surface area contributed by atoms with Crippen LogP contribution in [0.4, 0.5) is 23.2 Å². The number of aromatic nitrogens is 4. The van der Waals surface area contributed by atoms with Gasteiger partial charge in [0, 0.05) is 49.7 Å². The summed E-state index contributed by atoms with van der Waals surface area (Å²) >= 11 is 0. The first kappa shape index (κ1) is 24.6.